The number of hydrogen-bond donors (Lipinski definition) is 2. The van der Waals surface area contributed by atoms with Crippen molar-refractivity contribution in [2.24, 2.45) is 0 Å². The highest BCUT2D eigenvalue weighted by Crippen LogP contribution is 2.20. The van der Waals surface area contributed by atoms with Gasteiger partial charge in [0.25, 0.3) is 0 Å². The second-order valence-corrected chi connectivity index (χ2v) is 5.28. The Bertz CT molecular complexity index is 531. The minimum atomic E-state index is -0.243. The molecule has 98 valence electrons. The third-order valence-corrected chi connectivity index (χ3v) is 3.54. The minimum Gasteiger partial charge on any atom is -0.311 e. The topological polar surface area (TPSA) is 40.7 Å². The maximum Gasteiger partial charge on any atom is 0.148 e. The van der Waals surface area contributed by atoms with E-state index in [9.17, 15) is 4.39 Å². The number of hydrogen-bond acceptors (Lipinski definition) is 2. The monoisotopic (exact) mass is 249 g/mol. The van der Waals surface area contributed by atoms with Crippen LogP contribution in [0, 0.1) is 5.82 Å². The smallest absolute Gasteiger partial charge is 0.148 e. The Hall–Kier alpha value is -1.42. The summed E-state index contributed by atoms with van der Waals surface area (Å²) < 4.78 is 13.5. The molecule has 0 unspecified atom stereocenters. The summed E-state index contributed by atoms with van der Waals surface area (Å²) in [6.45, 7) is 7.42. The fraction of sp³-hybridized carbons (Fsp3) is 0.500. The van der Waals surface area contributed by atoms with E-state index in [1.807, 2.05) is 6.07 Å². The molecule has 0 spiro atoms. The van der Waals surface area contributed by atoms with Crippen molar-refractivity contribution < 1.29 is 4.39 Å². The van der Waals surface area contributed by atoms with Gasteiger partial charge in [0, 0.05) is 10.9 Å². The molecule has 2 aromatic rings. The molecule has 0 saturated carbocycles. The Morgan fingerprint density at radius 3 is 2.89 bits per heavy atom. The first-order chi connectivity index (χ1) is 8.53. The molecule has 1 aromatic carbocycles. The molecule has 1 aromatic heterocycles. The minimum absolute atomic E-state index is 0.148. The number of nitrogens with one attached hydrogen (secondary N) is 2. The van der Waals surface area contributed by atoms with Gasteiger partial charge in [-0.25, -0.2) is 4.39 Å². The third-order valence-electron chi connectivity index (χ3n) is 3.54. The zero-order valence-electron chi connectivity index (χ0n) is 11.2. The van der Waals surface area contributed by atoms with Crippen LogP contribution in [0.4, 0.5) is 4.39 Å². The van der Waals surface area contributed by atoms with Gasteiger partial charge in [-0.15, -0.1) is 0 Å². The molecule has 0 fully saturated rings. The number of rotatable bonds is 5. The highest BCUT2D eigenvalue weighted by Gasteiger charge is 2.14. The van der Waals surface area contributed by atoms with Crippen LogP contribution in [-0.4, -0.2) is 22.3 Å². The van der Waals surface area contributed by atoms with Gasteiger partial charge in [-0.05, 0) is 44.9 Å². The number of nitrogens with zero attached hydrogens (tertiary/aromatic N) is 1. The summed E-state index contributed by atoms with van der Waals surface area (Å²) in [6.07, 6.45) is 3.65. The molecule has 0 radical (unpaired) electrons. The zero-order chi connectivity index (χ0) is 13.2. The van der Waals surface area contributed by atoms with E-state index < -0.39 is 0 Å². The number of aromatic amines is 1. The van der Waals surface area contributed by atoms with Crippen molar-refractivity contribution in [3.05, 3.63) is 29.7 Å². The third kappa shape index (κ3) is 2.70. The highest BCUT2D eigenvalue weighted by molar-refractivity contribution is 5.82. The van der Waals surface area contributed by atoms with Gasteiger partial charge in [0.2, 0.25) is 0 Å². The van der Waals surface area contributed by atoms with E-state index in [0.29, 0.717) is 5.52 Å². The Balaban J connectivity index is 2.09. The number of fused-ring (bicyclic) bond motifs is 1. The summed E-state index contributed by atoms with van der Waals surface area (Å²) in [5, 5.41) is 11.0. The van der Waals surface area contributed by atoms with Crippen molar-refractivity contribution in [2.45, 2.75) is 39.2 Å². The van der Waals surface area contributed by atoms with Crippen molar-refractivity contribution in [3.63, 3.8) is 0 Å². The summed E-state index contributed by atoms with van der Waals surface area (Å²) in [5.41, 5.74) is 1.78. The molecule has 0 aliphatic heterocycles. The first kappa shape index (κ1) is 13.0. The average Bonchev–Trinajstić information content (AvgIpc) is 2.82. The molecular weight excluding hydrogens is 229 g/mol. The molecule has 0 aliphatic carbocycles. The number of benzene rings is 1. The van der Waals surface area contributed by atoms with E-state index >= 15 is 0 Å². The molecule has 3 nitrogen and oxygen atoms in total. The van der Waals surface area contributed by atoms with Gasteiger partial charge >= 0.3 is 0 Å². The van der Waals surface area contributed by atoms with Crippen molar-refractivity contribution >= 4 is 10.9 Å². The lowest BCUT2D eigenvalue weighted by Crippen LogP contribution is -2.39. The standard InChI is InChI=1S/C14H20FN3/c1-4-14(2,3)16-8-7-10-5-6-12(15)13-11(10)9-17-18-13/h5-6,9,16H,4,7-8H2,1-3H3,(H,17,18). The first-order valence-corrected chi connectivity index (χ1v) is 6.39. The van der Waals surface area contributed by atoms with Crippen LogP contribution in [0.3, 0.4) is 0 Å². The van der Waals surface area contributed by atoms with Crippen LogP contribution in [0.5, 0.6) is 0 Å². The summed E-state index contributed by atoms with van der Waals surface area (Å²) in [7, 11) is 0. The maximum absolute atomic E-state index is 13.5. The number of halogens is 1. The fourth-order valence-corrected chi connectivity index (χ4v) is 1.94. The lowest BCUT2D eigenvalue weighted by molar-refractivity contribution is 0.380. The number of aromatic nitrogens is 2. The van der Waals surface area contributed by atoms with Crippen LogP contribution in [0.1, 0.15) is 32.8 Å². The number of H-pyrrole nitrogens is 1. The maximum atomic E-state index is 13.5. The van der Waals surface area contributed by atoms with Crippen molar-refractivity contribution in [2.75, 3.05) is 6.54 Å². The Kier molecular flexibility index (Phi) is 3.66. The highest BCUT2D eigenvalue weighted by atomic mass is 19.1. The molecule has 0 amide bonds. The van der Waals surface area contributed by atoms with E-state index in [0.717, 1.165) is 30.3 Å². The van der Waals surface area contributed by atoms with Crippen LogP contribution in [0.15, 0.2) is 18.3 Å². The quantitative estimate of drug-likeness (QED) is 0.855. The average molecular weight is 249 g/mol. The Morgan fingerprint density at radius 1 is 1.39 bits per heavy atom. The molecule has 2 N–H and O–H groups in total. The van der Waals surface area contributed by atoms with Gasteiger partial charge in [-0.2, -0.15) is 5.10 Å². The van der Waals surface area contributed by atoms with Gasteiger partial charge in [-0.3, -0.25) is 5.10 Å². The summed E-state index contributed by atoms with van der Waals surface area (Å²) >= 11 is 0. The lowest BCUT2D eigenvalue weighted by Gasteiger charge is -2.24. The van der Waals surface area contributed by atoms with Crippen LogP contribution < -0.4 is 5.32 Å². The molecule has 0 bridgehead atoms. The summed E-state index contributed by atoms with van der Waals surface area (Å²) in [4.78, 5) is 0. The molecule has 4 heteroatoms. The Labute approximate surface area is 107 Å². The van der Waals surface area contributed by atoms with E-state index in [1.54, 1.807) is 6.20 Å². The van der Waals surface area contributed by atoms with Gasteiger partial charge in [0.15, 0.2) is 0 Å². The normalized spacial score (nSPS) is 12.2. The predicted molar refractivity (Wildman–Crippen MR) is 72.1 cm³/mol. The largest absolute Gasteiger partial charge is 0.311 e. The second-order valence-electron chi connectivity index (χ2n) is 5.28. The fourth-order valence-electron chi connectivity index (χ4n) is 1.94. The first-order valence-electron chi connectivity index (χ1n) is 6.39. The van der Waals surface area contributed by atoms with Crippen molar-refractivity contribution in [1.29, 1.82) is 0 Å². The molecular formula is C14H20FN3. The van der Waals surface area contributed by atoms with Crippen molar-refractivity contribution in [1.82, 2.24) is 15.5 Å². The SMILES string of the molecule is CCC(C)(C)NCCc1ccc(F)c2[nH]ncc12. The van der Waals surface area contributed by atoms with Crippen LogP contribution in [-0.2, 0) is 6.42 Å². The van der Waals surface area contributed by atoms with Gasteiger partial charge < -0.3 is 5.32 Å². The van der Waals surface area contributed by atoms with Crippen molar-refractivity contribution in [3.8, 4) is 0 Å². The molecule has 18 heavy (non-hydrogen) atoms. The predicted octanol–water partition coefficient (Wildman–Crippen LogP) is 3.02. The molecule has 2 rings (SSSR count). The zero-order valence-corrected chi connectivity index (χ0v) is 11.2. The summed E-state index contributed by atoms with van der Waals surface area (Å²) in [6, 6.07) is 3.34. The van der Waals surface area contributed by atoms with Gasteiger partial charge in [-0.1, -0.05) is 13.0 Å². The van der Waals surface area contributed by atoms with Crippen LogP contribution in [0.2, 0.25) is 0 Å². The van der Waals surface area contributed by atoms with E-state index in [2.05, 4.69) is 36.3 Å². The van der Waals surface area contributed by atoms with Crippen LogP contribution in [0.25, 0.3) is 10.9 Å². The molecule has 1 heterocycles. The molecule has 0 saturated heterocycles. The van der Waals surface area contributed by atoms with Gasteiger partial charge in [0.05, 0.1) is 6.20 Å². The molecule has 0 atom stereocenters. The molecule has 0 aliphatic rings. The second kappa shape index (κ2) is 5.06. The van der Waals surface area contributed by atoms with E-state index in [4.69, 9.17) is 0 Å². The van der Waals surface area contributed by atoms with E-state index in [1.165, 1.54) is 6.07 Å². The summed E-state index contributed by atoms with van der Waals surface area (Å²) in [5.74, 6) is -0.243. The van der Waals surface area contributed by atoms with Crippen LogP contribution >= 0.6 is 0 Å². The lowest BCUT2D eigenvalue weighted by atomic mass is 10.0. The van der Waals surface area contributed by atoms with Gasteiger partial charge in [0.1, 0.15) is 11.3 Å². The Morgan fingerprint density at radius 2 is 2.17 bits per heavy atom. The van der Waals surface area contributed by atoms with E-state index in [-0.39, 0.29) is 11.4 Å².